The second-order valence-corrected chi connectivity index (χ2v) is 12.6. The van der Waals surface area contributed by atoms with Crippen molar-refractivity contribution >= 4 is 23.6 Å². The quantitative estimate of drug-likeness (QED) is 0.220. The lowest BCUT2D eigenvalue weighted by Crippen LogP contribution is -2.64. The first-order valence-corrected chi connectivity index (χ1v) is 15.5. The van der Waals surface area contributed by atoms with Crippen LogP contribution in [-0.2, 0) is 28.7 Å². The van der Waals surface area contributed by atoms with Crippen molar-refractivity contribution in [1.82, 2.24) is 30.7 Å². The number of ether oxygens (including phenoxy) is 2. The number of amides is 4. The zero-order valence-electron chi connectivity index (χ0n) is 24.0. The highest BCUT2D eigenvalue weighted by Gasteiger charge is 2.48. The third-order valence-electron chi connectivity index (χ3n) is 9.94. The van der Waals surface area contributed by atoms with Crippen molar-refractivity contribution in [2.75, 3.05) is 59.0 Å². The summed E-state index contributed by atoms with van der Waals surface area (Å²) in [6.45, 7) is 3.76. The van der Waals surface area contributed by atoms with Crippen LogP contribution >= 0.6 is 0 Å². The van der Waals surface area contributed by atoms with Crippen molar-refractivity contribution < 1.29 is 38.9 Å². The van der Waals surface area contributed by atoms with Gasteiger partial charge < -0.3 is 45.4 Å². The molecule has 0 spiro atoms. The molecule has 6 bridgehead atoms. The molecule has 7 atom stereocenters. The monoisotopic (exact) mass is 592 g/mol. The average Bonchev–Trinajstić information content (AvgIpc) is 3.55. The fourth-order valence-electron chi connectivity index (χ4n) is 7.56. The van der Waals surface area contributed by atoms with Gasteiger partial charge in [-0.3, -0.25) is 24.1 Å². The minimum Gasteiger partial charge on any atom is -0.388 e. The molecule has 6 aliphatic heterocycles. The predicted octanol–water partition coefficient (Wildman–Crippen LogP) is -3.23. The van der Waals surface area contributed by atoms with Gasteiger partial charge in [-0.05, 0) is 45.2 Å². The summed E-state index contributed by atoms with van der Waals surface area (Å²) in [4.78, 5) is 59.9. The second kappa shape index (κ2) is 12.7. The van der Waals surface area contributed by atoms with E-state index in [-0.39, 0.29) is 61.8 Å². The zero-order valence-corrected chi connectivity index (χ0v) is 24.0. The molecule has 0 saturated carbocycles. The van der Waals surface area contributed by atoms with Crippen molar-refractivity contribution in [2.24, 2.45) is 5.92 Å². The lowest BCUT2D eigenvalue weighted by molar-refractivity contribution is -0.154. The van der Waals surface area contributed by atoms with Gasteiger partial charge in [0.25, 0.3) is 0 Å². The van der Waals surface area contributed by atoms with Gasteiger partial charge in [-0.25, -0.2) is 0 Å². The van der Waals surface area contributed by atoms with E-state index in [1.54, 1.807) is 9.80 Å². The molecule has 14 nitrogen and oxygen atoms in total. The van der Waals surface area contributed by atoms with Crippen LogP contribution in [0.5, 0.6) is 0 Å². The molecule has 0 unspecified atom stereocenters. The highest BCUT2D eigenvalue weighted by atomic mass is 16.5. The Bertz CT molecular complexity index is 1040. The van der Waals surface area contributed by atoms with E-state index in [1.807, 2.05) is 0 Å². The molecular formula is C28H44N6O8. The number of aliphatic hydroxyl groups is 2. The number of piperidine rings is 1. The molecule has 0 aromatic rings. The summed E-state index contributed by atoms with van der Waals surface area (Å²) in [6.07, 6.45) is -1.15. The van der Waals surface area contributed by atoms with E-state index in [2.05, 4.69) is 20.9 Å². The normalized spacial score (nSPS) is 38.0. The third kappa shape index (κ3) is 6.02. The number of likely N-dealkylation sites (tertiary alicyclic amines) is 1. The standard InChI is InChI=1S/C28H44N6O8/c35-23-12-21-24(36)25(37)22(42-21)13-30-26(38)20-15-32(7-8-33(20)27(39)16-3-9-41-10-4-16)28(40)19-11-17(31-23)14-34(19)18-1-5-29-6-2-18/h16-22,24-25,29,36-37H,1-15H2,(H,30,38)(H,31,35)/t17-,19-,20-,21-,22+,24-,25+/m0/s1. The second-order valence-electron chi connectivity index (χ2n) is 12.6. The van der Waals surface area contributed by atoms with Crippen LogP contribution in [-0.4, -0.2) is 156 Å². The number of carbonyl (C=O) groups excluding carboxylic acids is 4. The van der Waals surface area contributed by atoms with E-state index in [9.17, 15) is 29.4 Å². The molecule has 14 heteroatoms. The molecule has 0 radical (unpaired) electrons. The van der Waals surface area contributed by atoms with Gasteiger partial charge in [0.15, 0.2) is 0 Å². The lowest BCUT2D eigenvalue weighted by Gasteiger charge is -2.44. The number of hydrogen-bond acceptors (Lipinski definition) is 10. The summed E-state index contributed by atoms with van der Waals surface area (Å²) in [5, 5.41) is 30.4. The van der Waals surface area contributed by atoms with E-state index in [1.165, 1.54) is 0 Å². The van der Waals surface area contributed by atoms with Crippen molar-refractivity contribution in [3.8, 4) is 0 Å². The van der Waals surface area contributed by atoms with Gasteiger partial charge in [0.1, 0.15) is 24.4 Å². The zero-order chi connectivity index (χ0) is 29.4. The Hall–Kier alpha value is -2.36. The summed E-state index contributed by atoms with van der Waals surface area (Å²) in [5.74, 6) is -1.17. The van der Waals surface area contributed by atoms with Gasteiger partial charge in [-0.1, -0.05) is 0 Å². The molecule has 6 saturated heterocycles. The average molecular weight is 593 g/mol. The number of aliphatic hydroxyl groups excluding tert-OH is 2. The number of hydrogen-bond donors (Lipinski definition) is 5. The van der Waals surface area contributed by atoms with E-state index in [0.717, 1.165) is 25.9 Å². The molecule has 6 rings (SSSR count). The minimum absolute atomic E-state index is 0.0620. The Morgan fingerprint density at radius 2 is 1.64 bits per heavy atom. The van der Waals surface area contributed by atoms with Crippen LogP contribution in [0.25, 0.3) is 0 Å². The number of piperazine rings is 1. The van der Waals surface area contributed by atoms with Crippen LogP contribution < -0.4 is 16.0 Å². The van der Waals surface area contributed by atoms with Crippen molar-refractivity contribution in [3.05, 3.63) is 0 Å². The highest BCUT2D eigenvalue weighted by Crippen LogP contribution is 2.29. The molecule has 42 heavy (non-hydrogen) atoms. The molecule has 6 fully saturated rings. The van der Waals surface area contributed by atoms with Gasteiger partial charge >= 0.3 is 0 Å². The summed E-state index contributed by atoms with van der Waals surface area (Å²) >= 11 is 0. The first-order valence-electron chi connectivity index (χ1n) is 15.5. The molecule has 234 valence electrons. The Morgan fingerprint density at radius 1 is 0.905 bits per heavy atom. The Morgan fingerprint density at radius 3 is 2.40 bits per heavy atom. The van der Waals surface area contributed by atoms with Gasteiger partial charge in [0.05, 0.1) is 25.1 Å². The van der Waals surface area contributed by atoms with Crippen LogP contribution in [0.15, 0.2) is 0 Å². The SMILES string of the molecule is O=C1C[C@@H]2O[C@H](CNC(=O)[C@@H]3CN(CCN3C(=O)C3CCOCC3)C(=O)[C@@H]3C[C@@H](CN3C3CCNCC3)N1)[C@@H](O)[C@H]2O. The third-order valence-corrected chi connectivity index (χ3v) is 9.94. The maximum Gasteiger partial charge on any atom is 0.244 e. The molecule has 0 aliphatic carbocycles. The summed E-state index contributed by atoms with van der Waals surface area (Å²) in [7, 11) is 0. The molecular weight excluding hydrogens is 548 g/mol. The molecule has 0 aromatic carbocycles. The number of carbonyl (C=O) groups is 4. The number of nitrogens with one attached hydrogen (secondary N) is 3. The fraction of sp³-hybridized carbons (Fsp3) is 0.857. The van der Waals surface area contributed by atoms with E-state index < -0.39 is 42.4 Å². The van der Waals surface area contributed by atoms with Crippen molar-refractivity contribution in [3.63, 3.8) is 0 Å². The van der Waals surface area contributed by atoms with Crippen LogP contribution in [0.2, 0.25) is 0 Å². The maximum absolute atomic E-state index is 14.1. The van der Waals surface area contributed by atoms with E-state index >= 15 is 0 Å². The number of fused-ring (bicyclic) bond motifs is 6. The van der Waals surface area contributed by atoms with Crippen LogP contribution in [0.4, 0.5) is 0 Å². The Labute approximate surface area is 245 Å². The Kier molecular flexibility index (Phi) is 8.98. The van der Waals surface area contributed by atoms with Gasteiger partial charge in [-0.2, -0.15) is 0 Å². The maximum atomic E-state index is 14.1. The molecule has 4 amide bonds. The summed E-state index contributed by atoms with van der Waals surface area (Å²) in [6, 6.07) is -1.42. The van der Waals surface area contributed by atoms with Crippen molar-refractivity contribution in [1.29, 1.82) is 0 Å². The topological polar surface area (TPSA) is 173 Å². The number of nitrogens with zero attached hydrogens (tertiary/aromatic N) is 3. The van der Waals surface area contributed by atoms with Crippen LogP contribution in [0, 0.1) is 5.92 Å². The highest BCUT2D eigenvalue weighted by molar-refractivity contribution is 5.91. The largest absolute Gasteiger partial charge is 0.388 e. The summed E-state index contributed by atoms with van der Waals surface area (Å²) in [5.41, 5.74) is 0. The lowest BCUT2D eigenvalue weighted by atomic mass is 9.96. The Balaban J connectivity index is 1.27. The predicted molar refractivity (Wildman–Crippen MR) is 147 cm³/mol. The van der Waals surface area contributed by atoms with E-state index in [0.29, 0.717) is 45.6 Å². The van der Waals surface area contributed by atoms with Crippen LogP contribution in [0.1, 0.15) is 38.5 Å². The fourth-order valence-corrected chi connectivity index (χ4v) is 7.56. The molecule has 5 N–H and O–H groups in total. The smallest absolute Gasteiger partial charge is 0.244 e. The molecule has 0 aromatic heterocycles. The molecule has 6 heterocycles. The van der Waals surface area contributed by atoms with Crippen LogP contribution in [0.3, 0.4) is 0 Å². The molecule has 6 aliphatic rings. The van der Waals surface area contributed by atoms with Crippen molar-refractivity contribution in [2.45, 2.75) is 87.1 Å². The first kappa shape index (κ1) is 29.7. The number of rotatable bonds is 2. The van der Waals surface area contributed by atoms with E-state index in [4.69, 9.17) is 9.47 Å². The van der Waals surface area contributed by atoms with Gasteiger partial charge in [0.2, 0.25) is 23.6 Å². The first-order chi connectivity index (χ1) is 20.3. The van der Waals surface area contributed by atoms with Gasteiger partial charge in [-0.15, -0.1) is 0 Å². The minimum atomic E-state index is -1.28. The van der Waals surface area contributed by atoms with Gasteiger partial charge in [0, 0.05) is 57.4 Å². The summed E-state index contributed by atoms with van der Waals surface area (Å²) < 4.78 is 11.3.